The van der Waals surface area contributed by atoms with Gasteiger partial charge in [-0.05, 0) is 29.4 Å². The highest BCUT2D eigenvalue weighted by Crippen LogP contribution is 2.34. The third kappa shape index (κ3) is 4.18. The average molecular weight is 285 g/mol. The number of para-hydroxylation sites is 1. The molecule has 1 aromatic heterocycles. The van der Waals surface area contributed by atoms with Crippen LogP contribution in [0.1, 0.15) is 56.0 Å². The Hall–Kier alpha value is -2.10. The molecule has 1 heterocycles. The van der Waals surface area contributed by atoms with Crippen LogP contribution in [0.4, 0.5) is 5.69 Å². The third-order valence-electron chi connectivity index (χ3n) is 3.42. The molecular weight excluding hydrogens is 262 g/mol. The van der Waals surface area contributed by atoms with Gasteiger partial charge in [-0.3, -0.25) is 9.89 Å². The van der Waals surface area contributed by atoms with Crippen molar-refractivity contribution < 1.29 is 4.79 Å². The Labute approximate surface area is 126 Å². The van der Waals surface area contributed by atoms with Gasteiger partial charge in [0, 0.05) is 11.9 Å². The fourth-order valence-electron chi connectivity index (χ4n) is 2.64. The Balaban J connectivity index is 2.19. The van der Waals surface area contributed by atoms with Crippen molar-refractivity contribution in [3.63, 3.8) is 0 Å². The van der Waals surface area contributed by atoms with Crippen LogP contribution in [0.15, 0.2) is 36.7 Å². The molecule has 0 aliphatic heterocycles. The molecule has 1 unspecified atom stereocenters. The second-order valence-corrected chi connectivity index (χ2v) is 6.69. The van der Waals surface area contributed by atoms with Gasteiger partial charge >= 0.3 is 0 Å². The minimum Gasteiger partial charge on any atom is -0.322 e. The zero-order valence-corrected chi connectivity index (χ0v) is 13.1. The van der Waals surface area contributed by atoms with E-state index in [1.54, 1.807) is 6.20 Å². The molecule has 2 aromatic rings. The molecule has 2 rings (SSSR count). The van der Waals surface area contributed by atoms with Crippen LogP contribution >= 0.6 is 0 Å². The molecule has 0 spiro atoms. The first-order valence-electron chi connectivity index (χ1n) is 7.26. The van der Waals surface area contributed by atoms with E-state index in [1.807, 2.05) is 18.2 Å². The predicted octanol–water partition coefficient (Wildman–Crippen LogP) is 4.20. The molecule has 0 fully saturated rings. The maximum atomic E-state index is 12.2. The first kappa shape index (κ1) is 15.3. The number of aromatic nitrogens is 2. The maximum absolute atomic E-state index is 12.2. The highest BCUT2D eigenvalue weighted by molar-refractivity contribution is 6.04. The van der Waals surface area contributed by atoms with Crippen LogP contribution < -0.4 is 5.32 Å². The lowest BCUT2D eigenvalue weighted by Crippen LogP contribution is -2.15. The molecule has 0 bridgehead atoms. The van der Waals surface area contributed by atoms with E-state index in [0.29, 0.717) is 11.5 Å². The van der Waals surface area contributed by atoms with Gasteiger partial charge < -0.3 is 5.32 Å². The quantitative estimate of drug-likeness (QED) is 0.884. The molecule has 112 valence electrons. The second kappa shape index (κ2) is 6.12. The Morgan fingerprint density at radius 3 is 2.67 bits per heavy atom. The van der Waals surface area contributed by atoms with Crippen LogP contribution in [0.25, 0.3) is 0 Å². The van der Waals surface area contributed by atoms with E-state index in [1.165, 1.54) is 11.8 Å². The summed E-state index contributed by atoms with van der Waals surface area (Å²) in [7, 11) is 0. The Morgan fingerprint density at radius 1 is 1.33 bits per heavy atom. The van der Waals surface area contributed by atoms with Gasteiger partial charge in [-0.2, -0.15) is 5.10 Å². The molecule has 4 nitrogen and oxygen atoms in total. The molecule has 0 saturated heterocycles. The molecule has 0 radical (unpaired) electrons. The number of anilines is 1. The fraction of sp³-hybridized carbons (Fsp3) is 0.412. The molecule has 4 heteroatoms. The van der Waals surface area contributed by atoms with Gasteiger partial charge in [-0.25, -0.2) is 0 Å². The average Bonchev–Trinajstić information content (AvgIpc) is 2.91. The predicted molar refractivity (Wildman–Crippen MR) is 85.5 cm³/mol. The summed E-state index contributed by atoms with van der Waals surface area (Å²) in [5.74, 6) is 0.241. The minimum absolute atomic E-state index is 0.140. The number of carbonyl (C=O) groups excluding carboxylic acids is 1. The molecule has 0 aliphatic rings. The van der Waals surface area contributed by atoms with Crippen LogP contribution in [0.2, 0.25) is 0 Å². The number of hydrogen-bond acceptors (Lipinski definition) is 2. The summed E-state index contributed by atoms with van der Waals surface area (Å²) in [5, 5.41) is 9.44. The Morgan fingerprint density at radius 2 is 2.05 bits per heavy atom. The van der Waals surface area contributed by atoms with Gasteiger partial charge in [-0.15, -0.1) is 0 Å². The van der Waals surface area contributed by atoms with E-state index in [4.69, 9.17) is 0 Å². The Kier molecular flexibility index (Phi) is 4.46. The van der Waals surface area contributed by atoms with Crippen LogP contribution in [0.5, 0.6) is 0 Å². The number of aromatic amines is 1. The van der Waals surface area contributed by atoms with E-state index in [-0.39, 0.29) is 11.3 Å². The highest BCUT2D eigenvalue weighted by Gasteiger charge is 2.19. The molecular formula is C17H23N3O. The standard InChI is InChI=1S/C17H23N3O/c1-12(9-17(2,3)4)14-7-5-6-8-15(14)20-16(21)13-10-18-19-11-13/h5-8,10-12H,9H2,1-4H3,(H,18,19)(H,20,21). The molecule has 0 saturated carbocycles. The van der Waals surface area contributed by atoms with Crippen LogP contribution in [-0.2, 0) is 0 Å². The third-order valence-corrected chi connectivity index (χ3v) is 3.42. The van der Waals surface area contributed by atoms with Crippen molar-refractivity contribution in [1.29, 1.82) is 0 Å². The number of nitrogens with zero attached hydrogens (tertiary/aromatic N) is 1. The van der Waals surface area contributed by atoms with Crippen LogP contribution in [0, 0.1) is 5.41 Å². The number of hydrogen-bond donors (Lipinski definition) is 2. The lowest BCUT2D eigenvalue weighted by molar-refractivity contribution is 0.102. The first-order valence-corrected chi connectivity index (χ1v) is 7.26. The molecule has 21 heavy (non-hydrogen) atoms. The normalized spacial score (nSPS) is 13.0. The highest BCUT2D eigenvalue weighted by atomic mass is 16.1. The lowest BCUT2D eigenvalue weighted by Gasteiger charge is -2.25. The van der Waals surface area contributed by atoms with Crippen molar-refractivity contribution in [2.75, 3.05) is 5.32 Å². The number of carbonyl (C=O) groups is 1. The van der Waals surface area contributed by atoms with Gasteiger partial charge in [0.15, 0.2) is 0 Å². The zero-order valence-electron chi connectivity index (χ0n) is 13.1. The van der Waals surface area contributed by atoms with Gasteiger partial charge in [0.2, 0.25) is 0 Å². The van der Waals surface area contributed by atoms with E-state index in [2.05, 4.69) is 49.3 Å². The molecule has 1 aromatic carbocycles. The number of benzene rings is 1. The summed E-state index contributed by atoms with van der Waals surface area (Å²) < 4.78 is 0. The van der Waals surface area contributed by atoms with Gasteiger partial charge in [0.25, 0.3) is 5.91 Å². The van der Waals surface area contributed by atoms with Crippen molar-refractivity contribution in [3.8, 4) is 0 Å². The Bertz CT molecular complexity index is 597. The first-order chi connectivity index (χ1) is 9.87. The maximum Gasteiger partial charge on any atom is 0.258 e. The summed E-state index contributed by atoms with van der Waals surface area (Å²) in [6.45, 7) is 8.90. The SMILES string of the molecule is CC(CC(C)(C)C)c1ccccc1NC(=O)c1cn[nH]c1. The lowest BCUT2D eigenvalue weighted by atomic mass is 9.82. The van der Waals surface area contributed by atoms with Crippen molar-refractivity contribution in [2.45, 2.75) is 40.0 Å². The van der Waals surface area contributed by atoms with Crippen LogP contribution in [0.3, 0.4) is 0 Å². The molecule has 2 N–H and O–H groups in total. The van der Waals surface area contributed by atoms with Gasteiger partial charge in [0.1, 0.15) is 0 Å². The molecule has 1 atom stereocenters. The summed E-state index contributed by atoms with van der Waals surface area (Å²) in [6.07, 6.45) is 4.18. The summed E-state index contributed by atoms with van der Waals surface area (Å²) in [6, 6.07) is 7.99. The van der Waals surface area contributed by atoms with E-state index >= 15 is 0 Å². The smallest absolute Gasteiger partial charge is 0.258 e. The zero-order chi connectivity index (χ0) is 15.5. The van der Waals surface area contributed by atoms with Crippen molar-refractivity contribution >= 4 is 11.6 Å². The number of nitrogens with one attached hydrogen (secondary N) is 2. The summed E-state index contributed by atoms with van der Waals surface area (Å²) >= 11 is 0. The van der Waals surface area contributed by atoms with E-state index < -0.39 is 0 Å². The monoisotopic (exact) mass is 285 g/mol. The van der Waals surface area contributed by atoms with Crippen molar-refractivity contribution in [2.24, 2.45) is 5.41 Å². The fourth-order valence-corrected chi connectivity index (χ4v) is 2.64. The number of amides is 1. The van der Waals surface area contributed by atoms with E-state index in [0.717, 1.165) is 12.1 Å². The van der Waals surface area contributed by atoms with Crippen molar-refractivity contribution in [1.82, 2.24) is 10.2 Å². The molecule has 0 aliphatic carbocycles. The van der Waals surface area contributed by atoms with Crippen LogP contribution in [-0.4, -0.2) is 16.1 Å². The minimum atomic E-state index is -0.140. The van der Waals surface area contributed by atoms with Gasteiger partial charge in [0.05, 0.1) is 11.8 Å². The topological polar surface area (TPSA) is 57.8 Å². The van der Waals surface area contributed by atoms with Crippen molar-refractivity contribution in [3.05, 3.63) is 47.8 Å². The summed E-state index contributed by atoms with van der Waals surface area (Å²) in [4.78, 5) is 12.2. The van der Waals surface area contributed by atoms with E-state index in [9.17, 15) is 4.79 Å². The number of rotatable bonds is 4. The largest absolute Gasteiger partial charge is 0.322 e. The summed E-state index contributed by atoms with van der Waals surface area (Å²) in [5.41, 5.74) is 2.83. The number of H-pyrrole nitrogens is 1. The molecule has 1 amide bonds. The van der Waals surface area contributed by atoms with Gasteiger partial charge in [-0.1, -0.05) is 45.9 Å². The second-order valence-electron chi connectivity index (χ2n) is 6.69.